The van der Waals surface area contributed by atoms with E-state index >= 15 is 0 Å². The molecule has 1 fully saturated rings. The van der Waals surface area contributed by atoms with Crippen molar-refractivity contribution in [3.05, 3.63) is 59.9 Å². The molecule has 2 aromatic rings. The molecule has 1 aliphatic rings. The Morgan fingerprint density at radius 3 is 2.19 bits per heavy atom. The summed E-state index contributed by atoms with van der Waals surface area (Å²) in [4.78, 5) is 13.0. The summed E-state index contributed by atoms with van der Waals surface area (Å²) < 4.78 is 63.3. The lowest BCUT2D eigenvalue weighted by molar-refractivity contribution is -0.126. The van der Waals surface area contributed by atoms with Gasteiger partial charge in [0, 0.05) is 19.3 Å². The Morgan fingerprint density at radius 1 is 1.03 bits per heavy atom. The molecule has 0 bridgehead atoms. The van der Waals surface area contributed by atoms with E-state index in [9.17, 15) is 26.0 Å². The van der Waals surface area contributed by atoms with E-state index in [0.29, 0.717) is 19.4 Å². The molecule has 10 heteroatoms. The van der Waals surface area contributed by atoms with E-state index in [0.717, 1.165) is 24.0 Å². The number of hydrogen-bond donors (Lipinski definition) is 1. The summed E-state index contributed by atoms with van der Waals surface area (Å²) in [5.74, 6) is -1.30. The maximum absolute atomic E-state index is 13.1. The van der Waals surface area contributed by atoms with Crippen LogP contribution >= 0.6 is 0 Å². The maximum Gasteiger partial charge on any atom is 0.243 e. The fourth-order valence-electron chi connectivity index (χ4n) is 3.55. The first-order valence-corrected chi connectivity index (χ1v) is 13.2. The van der Waals surface area contributed by atoms with Crippen LogP contribution in [0.25, 0.3) is 0 Å². The van der Waals surface area contributed by atoms with Crippen molar-refractivity contribution in [3.63, 3.8) is 0 Å². The van der Waals surface area contributed by atoms with Crippen LogP contribution in [-0.4, -0.2) is 46.4 Å². The van der Waals surface area contributed by atoms with Gasteiger partial charge in [0.15, 0.2) is 9.84 Å². The fourth-order valence-corrected chi connectivity index (χ4v) is 5.70. The average molecular weight is 469 g/mol. The number of carbonyl (C=O) groups is 1. The SMILES string of the molecule is C[C@H](NC(=O)[C@H]1CCCN(S(=O)(=O)c2ccc(F)cc2)C1)c1ccc(S(C)(=O)=O)cc1. The number of rotatable bonds is 6. The number of nitrogens with zero attached hydrogens (tertiary/aromatic N) is 1. The summed E-state index contributed by atoms with van der Waals surface area (Å²) in [5.41, 5.74) is 0.743. The molecule has 2 atom stereocenters. The summed E-state index contributed by atoms with van der Waals surface area (Å²) in [6.45, 7) is 2.13. The Kier molecular flexibility index (Phi) is 6.82. The van der Waals surface area contributed by atoms with Crippen LogP contribution in [0.1, 0.15) is 31.4 Å². The number of nitrogens with one attached hydrogen (secondary N) is 1. The van der Waals surface area contributed by atoms with Gasteiger partial charge >= 0.3 is 0 Å². The summed E-state index contributed by atoms with van der Waals surface area (Å²) in [6, 6.07) is 10.5. The molecule has 0 spiro atoms. The zero-order valence-corrected chi connectivity index (χ0v) is 18.9. The van der Waals surface area contributed by atoms with Crippen molar-refractivity contribution < 1.29 is 26.0 Å². The molecule has 1 N–H and O–H groups in total. The van der Waals surface area contributed by atoms with Gasteiger partial charge in [-0.2, -0.15) is 4.31 Å². The Balaban J connectivity index is 1.67. The van der Waals surface area contributed by atoms with Crippen molar-refractivity contribution >= 4 is 25.8 Å². The molecular formula is C21H25FN2O5S2. The number of benzene rings is 2. The van der Waals surface area contributed by atoms with Gasteiger partial charge in [-0.15, -0.1) is 0 Å². The standard InChI is InChI=1S/C21H25FN2O5S2/c1-15(16-5-9-19(10-6-16)30(2,26)27)23-21(25)17-4-3-13-24(14-17)31(28,29)20-11-7-18(22)8-12-20/h5-12,15,17H,3-4,13-14H2,1-2H3,(H,23,25)/t15-,17-/m0/s1. The molecule has 31 heavy (non-hydrogen) atoms. The predicted molar refractivity (Wildman–Crippen MR) is 114 cm³/mol. The lowest BCUT2D eigenvalue weighted by Crippen LogP contribution is -2.45. The minimum atomic E-state index is -3.81. The zero-order chi connectivity index (χ0) is 22.8. The van der Waals surface area contributed by atoms with Crippen LogP contribution in [0, 0.1) is 11.7 Å². The third-order valence-electron chi connectivity index (χ3n) is 5.37. The van der Waals surface area contributed by atoms with Crippen molar-refractivity contribution in [2.75, 3.05) is 19.3 Å². The van der Waals surface area contributed by atoms with Crippen LogP contribution in [0.5, 0.6) is 0 Å². The predicted octanol–water partition coefficient (Wildman–Crippen LogP) is 2.51. The number of sulfone groups is 1. The Morgan fingerprint density at radius 2 is 1.61 bits per heavy atom. The minimum Gasteiger partial charge on any atom is -0.349 e. The van der Waals surface area contributed by atoms with Crippen LogP contribution in [0.3, 0.4) is 0 Å². The molecule has 3 rings (SSSR count). The van der Waals surface area contributed by atoms with E-state index < -0.39 is 31.6 Å². The average Bonchev–Trinajstić information content (AvgIpc) is 2.73. The van der Waals surface area contributed by atoms with Crippen molar-refractivity contribution in [3.8, 4) is 0 Å². The van der Waals surface area contributed by atoms with Crippen LogP contribution in [0.15, 0.2) is 58.3 Å². The van der Waals surface area contributed by atoms with Crippen LogP contribution in [-0.2, 0) is 24.7 Å². The van der Waals surface area contributed by atoms with E-state index in [1.807, 2.05) is 0 Å². The molecule has 168 valence electrons. The highest BCUT2D eigenvalue weighted by atomic mass is 32.2. The van der Waals surface area contributed by atoms with Gasteiger partial charge in [-0.05, 0) is 61.7 Å². The van der Waals surface area contributed by atoms with Crippen LogP contribution < -0.4 is 5.32 Å². The van der Waals surface area contributed by atoms with E-state index in [1.54, 1.807) is 19.1 Å². The smallest absolute Gasteiger partial charge is 0.243 e. The van der Waals surface area contributed by atoms with Crippen molar-refractivity contribution in [2.45, 2.75) is 35.6 Å². The molecule has 0 aromatic heterocycles. The number of halogens is 1. The normalized spacial score (nSPS) is 19.0. The first-order chi connectivity index (χ1) is 14.5. The molecule has 0 unspecified atom stereocenters. The fraction of sp³-hybridized carbons (Fsp3) is 0.381. The van der Waals surface area contributed by atoms with Gasteiger partial charge in [0.05, 0.1) is 21.8 Å². The van der Waals surface area contributed by atoms with Gasteiger partial charge in [0.25, 0.3) is 0 Å². The lowest BCUT2D eigenvalue weighted by Gasteiger charge is -2.32. The van der Waals surface area contributed by atoms with Gasteiger partial charge < -0.3 is 5.32 Å². The number of hydrogen-bond acceptors (Lipinski definition) is 5. The molecule has 1 heterocycles. The summed E-state index contributed by atoms with van der Waals surface area (Å²) in [5, 5.41) is 2.88. The number of carbonyl (C=O) groups excluding carboxylic acids is 1. The first kappa shape index (κ1) is 23.4. The monoisotopic (exact) mass is 468 g/mol. The summed E-state index contributed by atoms with van der Waals surface area (Å²) in [6.07, 6.45) is 2.22. The second kappa shape index (κ2) is 9.05. The minimum absolute atomic E-state index is 0.00528. The molecule has 1 aliphatic heterocycles. The van der Waals surface area contributed by atoms with Gasteiger partial charge in [-0.1, -0.05) is 12.1 Å². The maximum atomic E-state index is 13.1. The molecule has 0 aliphatic carbocycles. The van der Waals surface area contributed by atoms with E-state index in [1.165, 1.54) is 28.6 Å². The van der Waals surface area contributed by atoms with E-state index in [4.69, 9.17) is 0 Å². The highest BCUT2D eigenvalue weighted by Crippen LogP contribution is 2.25. The quantitative estimate of drug-likeness (QED) is 0.702. The molecule has 7 nitrogen and oxygen atoms in total. The van der Waals surface area contributed by atoms with Crippen LogP contribution in [0.2, 0.25) is 0 Å². The highest BCUT2D eigenvalue weighted by molar-refractivity contribution is 7.90. The Bertz CT molecular complexity index is 1150. The number of amides is 1. The van der Waals surface area contributed by atoms with Crippen molar-refractivity contribution in [2.24, 2.45) is 5.92 Å². The van der Waals surface area contributed by atoms with E-state index in [-0.39, 0.29) is 28.3 Å². The third-order valence-corrected chi connectivity index (χ3v) is 8.38. The second-order valence-electron chi connectivity index (χ2n) is 7.73. The van der Waals surface area contributed by atoms with Crippen molar-refractivity contribution in [1.29, 1.82) is 0 Å². The van der Waals surface area contributed by atoms with Gasteiger partial charge in [-0.25, -0.2) is 21.2 Å². The first-order valence-electron chi connectivity index (χ1n) is 9.84. The third kappa shape index (κ3) is 5.50. The summed E-state index contributed by atoms with van der Waals surface area (Å²) in [7, 11) is -7.12. The zero-order valence-electron chi connectivity index (χ0n) is 17.3. The molecule has 0 radical (unpaired) electrons. The Labute approximate surface area is 182 Å². The molecule has 1 saturated heterocycles. The van der Waals surface area contributed by atoms with Crippen molar-refractivity contribution in [1.82, 2.24) is 9.62 Å². The highest BCUT2D eigenvalue weighted by Gasteiger charge is 2.33. The molecule has 0 saturated carbocycles. The Hall–Kier alpha value is -2.30. The lowest BCUT2D eigenvalue weighted by atomic mass is 9.98. The molecule has 2 aromatic carbocycles. The molecular weight excluding hydrogens is 443 g/mol. The largest absolute Gasteiger partial charge is 0.349 e. The number of piperidine rings is 1. The van der Waals surface area contributed by atoms with Gasteiger partial charge in [0.1, 0.15) is 5.82 Å². The summed E-state index contributed by atoms with van der Waals surface area (Å²) >= 11 is 0. The second-order valence-corrected chi connectivity index (χ2v) is 11.7. The van der Waals surface area contributed by atoms with Crippen LogP contribution in [0.4, 0.5) is 4.39 Å². The van der Waals surface area contributed by atoms with Gasteiger partial charge in [-0.3, -0.25) is 4.79 Å². The van der Waals surface area contributed by atoms with Gasteiger partial charge in [0.2, 0.25) is 15.9 Å². The topological polar surface area (TPSA) is 101 Å². The number of sulfonamides is 1. The van der Waals surface area contributed by atoms with E-state index in [2.05, 4.69) is 5.32 Å². The molecule has 1 amide bonds.